The van der Waals surface area contributed by atoms with Crippen LogP contribution in [0.4, 0.5) is 0 Å². The Morgan fingerprint density at radius 1 is 1.29 bits per heavy atom. The number of amides is 1. The summed E-state index contributed by atoms with van der Waals surface area (Å²) < 4.78 is 0. The van der Waals surface area contributed by atoms with Gasteiger partial charge in [0.05, 0.1) is 6.10 Å². The molecular weight excluding hydrogens is 264 g/mol. The van der Waals surface area contributed by atoms with Gasteiger partial charge >= 0.3 is 0 Å². The molecule has 114 valence electrons. The summed E-state index contributed by atoms with van der Waals surface area (Å²) >= 11 is 0. The van der Waals surface area contributed by atoms with Gasteiger partial charge in [0.2, 0.25) is 0 Å². The van der Waals surface area contributed by atoms with Crippen molar-refractivity contribution in [1.29, 1.82) is 0 Å². The molecule has 0 unspecified atom stereocenters. The molecule has 1 N–H and O–H groups in total. The lowest BCUT2D eigenvalue weighted by atomic mass is 9.76. The Labute approximate surface area is 126 Å². The molecule has 1 saturated carbocycles. The van der Waals surface area contributed by atoms with E-state index in [9.17, 15) is 9.90 Å². The maximum absolute atomic E-state index is 12.8. The van der Waals surface area contributed by atoms with E-state index in [0.717, 1.165) is 55.6 Å². The Balaban J connectivity index is 1.81. The number of nitrogens with zero attached hydrogens (tertiary/aromatic N) is 2. The summed E-state index contributed by atoms with van der Waals surface area (Å²) in [6.45, 7) is 5.34. The summed E-state index contributed by atoms with van der Waals surface area (Å²) in [6.07, 6.45) is 4.81. The highest BCUT2D eigenvalue weighted by Crippen LogP contribution is 2.45. The molecule has 1 saturated heterocycles. The second-order valence-corrected chi connectivity index (χ2v) is 6.74. The number of carbonyl (C=O) groups excluding carboxylic acids is 1. The molecule has 1 aromatic heterocycles. The van der Waals surface area contributed by atoms with E-state index in [4.69, 9.17) is 0 Å². The van der Waals surface area contributed by atoms with Gasteiger partial charge in [0, 0.05) is 35.5 Å². The van der Waals surface area contributed by atoms with Gasteiger partial charge < -0.3 is 10.0 Å². The predicted octanol–water partition coefficient (Wildman–Crippen LogP) is 2.47. The van der Waals surface area contributed by atoms with E-state index in [1.165, 1.54) is 0 Å². The number of pyridine rings is 1. The summed E-state index contributed by atoms with van der Waals surface area (Å²) in [7, 11) is 0. The van der Waals surface area contributed by atoms with Crippen molar-refractivity contribution in [1.82, 2.24) is 9.88 Å². The van der Waals surface area contributed by atoms with Crippen LogP contribution in [0.1, 0.15) is 53.8 Å². The fourth-order valence-electron chi connectivity index (χ4n) is 4.07. The number of hydrogen-bond acceptors (Lipinski definition) is 3. The Morgan fingerprint density at radius 3 is 2.57 bits per heavy atom. The smallest absolute Gasteiger partial charge is 0.254 e. The Kier molecular flexibility index (Phi) is 3.74. The van der Waals surface area contributed by atoms with Crippen molar-refractivity contribution in [3.8, 4) is 0 Å². The molecule has 1 aliphatic heterocycles. The zero-order valence-electron chi connectivity index (χ0n) is 12.9. The summed E-state index contributed by atoms with van der Waals surface area (Å²) in [5.74, 6) is 0.0850. The number of aliphatic hydroxyl groups is 1. The van der Waals surface area contributed by atoms with Gasteiger partial charge in [0.15, 0.2) is 0 Å². The van der Waals surface area contributed by atoms with Crippen LogP contribution in [0.25, 0.3) is 0 Å². The molecule has 0 radical (unpaired) electrons. The normalized spacial score (nSPS) is 29.1. The number of aliphatic hydroxyl groups excluding tert-OH is 1. The molecule has 1 amide bonds. The fourth-order valence-corrected chi connectivity index (χ4v) is 4.07. The van der Waals surface area contributed by atoms with E-state index in [0.29, 0.717) is 6.54 Å². The van der Waals surface area contributed by atoms with Crippen LogP contribution in [0.5, 0.6) is 0 Å². The highest BCUT2D eigenvalue weighted by molar-refractivity contribution is 5.94. The van der Waals surface area contributed by atoms with Crippen molar-refractivity contribution in [2.45, 2.75) is 52.1 Å². The first-order valence-corrected chi connectivity index (χ1v) is 7.93. The Hall–Kier alpha value is -1.42. The van der Waals surface area contributed by atoms with E-state index >= 15 is 0 Å². The number of aryl methyl sites for hydroxylation is 2. The largest absolute Gasteiger partial charge is 0.392 e. The van der Waals surface area contributed by atoms with Gasteiger partial charge in [-0.25, -0.2) is 0 Å². The van der Waals surface area contributed by atoms with Crippen LogP contribution < -0.4 is 0 Å². The van der Waals surface area contributed by atoms with Crippen molar-refractivity contribution < 1.29 is 9.90 Å². The lowest BCUT2D eigenvalue weighted by Crippen LogP contribution is -2.49. The van der Waals surface area contributed by atoms with Crippen molar-refractivity contribution in [3.63, 3.8) is 0 Å². The maximum Gasteiger partial charge on any atom is 0.254 e. The summed E-state index contributed by atoms with van der Waals surface area (Å²) in [6, 6.07) is 3.73. The number of aromatic nitrogens is 1. The minimum Gasteiger partial charge on any atom is -0.392 e. The SMILES string of the molecule is Cc1cc(C(=O)N2CCC[C@@]3(CCC[C@H]3O)C2)cc(C)n1. The zero-order valence-corrected chi connectivity index (χ0v) is 12.9. The van der Waals surface area contributed by atoms with E-state index in [1.54, 1.807) is 0 Å². The van der Waals surface area contributed by atoms with Gasteiger partial charge in [0.25, 0.3) is 5.91 Å². The van der Waals surface area contributed by atoms with Gasteiger partial charge in [-0.1, -0.05) is 6.42 Å². The van der Waals surface area contributed by atoms with Crippen LogP contribution in [0.2, 0.25) is 0 Å². The molecule has 0 aromatic carbocycles. The zero-order chi connectivity index (χ0) is 15.0. The van der Waals surface area contributed by atoms with Crippen LogP contribution >= 0.6 is 0 Å². The van der Waals surface area contributed by atoms with Crippen LogP contribution in [0, 0.1) is 19.3 Å². The minimum absolute atomic E-state index is 0.0506. The van der Waals surface area contributed by atoms with Crippen LogP contribution in [0.3, 0.4) is 0 Å². The molecule has 2 aliphatic rings. The predicted molar refractivity (Wildman–Crippen MR) is 81.1 cm³/mol. The third kappa shape index (κ3) is 2.69. The maximum atomic E-state index is 12.8. The van der Waals surface area contributed by atoms with Crippen molar-refractivity contribution >= 4 is 5.91 Å². The first kappa shape index (κ1) is 14.5. The first-order chi connectivity index (χ1) is 10.00. The summed E-state index contributed by atoms with van der Waals surface area (Å²) in [5, 5.41) is 10.3. The molecule has 3 rings (SSSR count). The number of piperidine rings is 1. The number of hydrogen-bond donors (Lipinski definition) is 1. The number of rotatable bonds is 1. The lowest BCUT2D eigenvalue weighted by molar-refractivity contribution is -0.00537. The highest BCUT2D eigenvalue weighted by atomic mass is 16.3. The van der Waals surface area contributed by atoms with E-state index in [2.05, 4.69) is 4.98 Å². The Morgan fingerprint density at radius 2 is 1.95 bits per heavy atom. The van der Waals surface area contributed by atoms with Gasteiger partial charge in [-0.2, -0.15) is 0 Å². The third-order valence-corrected chi connectivity index (χ3v) is 5.08. The molecule has 2 atom stereocenters. The average Bonchev–Trinajstić information content (AvgIpc) is 2.78. The monoisotopic (exact) mass is 288 g/mol. The molecule has 0 bridgehead atoms. The molecule has 4 nitrogen and oxygen atoms in total. The van der Waals surface area contributed by atoms with Crippen LogP contribution in [0.15, 0.2) is 12.1 Å². The van der Waals surface area contributed by atoms with Crippen molar-refractivity contribution in [3.05, 3.63) is 29.1 Å². The average molecular weight is 288 g/mol. The standard InChI is InChI=1S/C17H24N2O2/c1-12-9-14(10-13(2)18-12)16(21)19-8-4-7-17(11-19)6-3-5-15(17)20/h9-10,15,20H,3-8,11H2,1-2H3/t15-,17+/m1/s1. The quantitative estimate of drug-likeness (QED) is 0.863. The Bertz CT molecular complexity index is 537. The molecule has 21 heavy (non-hydrogen) atoms. The molecule has 1 aromatic rings. The van der Waals surface area contributed by atoms with Crippen LogP contribution in [-0.2, 0) is 0 Å². The fraction of sp³-hybridized carbons (Fsp3) is 0.647. The summed E-state index contributed by atoms with van der Waals surface area (Å²) in [5.41, 5.74) is 2.44. The van der Waals surface area contributed by atoms with Gasteiger partial charge in [-0.15, -0.1) is 0 Å². The van der Waals surface area contributed by atoms with E-state index in [-0.39, 0.29) is 17.4 Å². The molecule has 2 fully saturated rings. The van der Waals surface area contributed by atoms with Gasteiger partial charge in [0.1, 0.15) is 0 Å². The van der Waals surface area contributed by atoms with E-state index in [1.807, 2.05) is 30.9 Å². The van der Waals surface area contributed by atoms with Gasteiger partial charge in [-0.05, 0) is 51.7 Å². The van der Waals surface area contributed by atoms with Crippen LogP contribution in [-0.4, -0.2) is 40.1 Å². The second-order valence-electron chi connectivity index (χ2n) is 6.74. The topological polar surface area (TPSA) is 53.4 Å². The molecule has 2 heterocycles. The molecule has 4 heteroatoms. The minimum atomic E-state index is -0.242. The number of likely N-dealkylation sites (tertiary alicyclic amines) is 1. The molecule has 1 spiro atoms. The second kappa shape index (κ2) is 5.41. The third-order valence-electron chi connectivity index (χ3n) is 5.08. The van der Waals surface area contributed by atoms with Crippen molar-refractivity contribution in [2.24, 2.45) is 5.41 Å². The lowest BCUT2D eigenvalue weighted by Gasteiger charge is -2.42. The molecule has 1 aliphatic carbocycles. The van der Waals surface area contributed by atoms with E-state index < -0.39 is 0 Å². The molecular formula is C17H24N2O2. The highest BCUT2D eigenvalue weighted by Gasteiger charge is 2.45. The summed E-state index contributed by atoms with van der Waals surface area (Å²) in [4.78, 5) is 19.0. The van der Waals surface area contributed by atoms with Crippen molar-refractivity contribution in [2.75, 3.05) is 13.1 Å². The van der Waals surface area contributed by atoms with Gasteiger partial charge in [-0.3, -0.25) is 9.78 Å². The number of carbonyl (C=O) groups is 1. The first-order valence-electron chi connectivity index (χ1n) is 7.93.